The first-order valence-electron chi connectivity index (χ1n) is 11.4. The van der Waals surface area contributed by atoms with Crippen molar-refractivity contribution in [1.29, 1.82) is 0 Å². The first-order valence-corrected chi connectivity index (χ1v) is 12.3. The van der Waals surface area contributed by atoms with Crippen LogP contribution in [0.4, 0.5) is 0 Å². The van der Waals surface area contributed by atoms with Gasteiger partial charge in [-0.25, -0.2) is 4.68 Å². The van der Waals surface area contributed by atoms with Gasteiger partial charge in [-0.15, -0.1) is 11.3 Å². The number of amides is 1. The zero-order valence-electron chi connectivity index (χ0n) is 18.5. The van der Waals surface area contributed by atoms with Crippen LogP contribution in [0, 0.1) is 5.92 Å². The summed E-state index contributed by atoms with van der Waals surface area (Å²) in [6.45, 7) is 7.80. The Bertz CT molecular complexity index is 1200. The Morgan fingerprint density at radius 1 is 1.29 bits per heavy atom. The van der Waals surface area contributed by atoms with Gasteiger partial charge in [0.05, 0.1) is 0 Å². The molecule has 8 heteroatoms. The monoisotopic (exact) mass is 441 g/mol. The third-order valence-electron chi connectivity index (χ3n) is 7.55. The summed E-state index contributed by atoms with van der Waals surface area (Å²) in [6.07, 6.45) is 5.61. The summed E-state index contributed by atoms with van der Waals surface area (Å²) >= 11 is 1.60. The molecule has 5 rings (SSSR count). The molecule has 1 aliphatic heterocycles. The van der Waals surface area contributed by atoms with E-state index >= 15 is 0 Å². The SMILES string of the molecule is CC(C)c1nn(C(C)(C(N)=O)[C@@H]2CCCN(C3CCC3)C2)c(=O)c2cc3ccsc3n12. The van der Waals surface area contributed by atoms with Crippen LogP contribution in [0.1, 0.15) is 64.6 Å². The van der Waals surface area contributed by atoms with Gasteiger partial charge in [0.25, 0.3) is 5.56 Å². The number of carbonyl (C=O) groups excluding carboxylic acids is 1. The van der Waals surface area contributed by atoms with E-state index in [-0.39, 0.29) is 17.4 Å². The molecule has 1 aliphatic carbocycles. The number of nitrogens with zero attached hydrogens (tertiary/aromatic N) is 4. The Morgan fingerprint density at radius 3 is 2.71 bits per heavy atom. The normalized spacial score (nSPS) is 22.8. The van der Waals surface area contributed by atoms with E-state index in [1.54, 1.807) is 11.3 Å². The van der Waals surface area contributed by atoms with E-state index in [0.717, 1.165) is 42.0 Å². The van der Waals surface area contributed by atoms with E-state index in [2.05, 4.69) is 18.7 Å². The van der Waals surface area contributed by atoms with Crippen molar-refractivity contribution < 1.29 is 4.79 Å². The maximum Gasteiger partial charge on any atom is 0.292 e. The molecule has 1 saturated carbocycles. The molecule has 2 N–H and O–H groups in total. The van der Waals surface area contributed by atoms with E-state index in [9.17, 15) is 9.59 Å². The highest BCUT2D eigenvalue weighted by atomic mass is 32.1. The predicted octanol–water partition coefficient (Wildman–Crippen LogP) is 3.30. The van der Waals surface area contributed by atoms with Crippen LogP contribution in [0.25, 0.3) is 15.7 Å². The fourth-order valence-corrected chi connectivity index (χ4v) is 6.23. The number of hydrogen-bond donors (Lipinski definition) is 1. The van der Waals surface area contributed by atoms with Crippen LogP contribution in [0.5, 0.6) is 0 Å². The minimum Gasteiger partial charge on any atom is -0.368 e. The highest BCUT2D eigenvalue weighted by Crippen LogP contribution is 2.36. The number of likely N-dealkylation sites (tertiary alicyclic amines) is 1. The Balaban J connectivity index is 1.68. The van der Waals surface area contributed by atoms with Gasteiger partial charge in [0, 0.05) is 29.8 Å². The van der Waals surface area contributed by atoms with Gasteiger partial charge in [-0.1, -0.05) is 20.3 Å². The summed E-state index contributed by atoms with van der Waals surface area (Å²) < 4.78 is 3.39. The molecule has 2 fully saturated rings. The molecule has 0 spiro atoms. The number of piperidine rings is 1. The lowest BCUT2D eigenvalue weighted by atomic mass is 9.78. The van der Waals surface area contributed by atoms with Gasteiger partial charge in [-0.3, -0.25) is 14.0 Å². The standard InChI is InChI=1S/C23H31N5O2S/c1-14(2)19-25-28(20(29)18-12-15-9-11-31-21(15)27(18)19)23(3,22(24)30)16-6-5-10-26(13-16)17-7-4-8-17/h9,11-12,14,16-17H,4-8,10,13H2,1-3H3,(H2,24,30)/t16-,23?/m1/s1. The second-order valence-electron chi connectivity index (χ2n) is 9.71. The zero-order valence-corrected chi connectivity index (χ0v) is 19.3. The maximum atomic E-state index is 13.7. The summed E-state index contributed by atoms with van der Waals surface area (Å²) in [7, 11) is 0. The number of hydrogen-bond acceptors (Lipinski definition) is 5. The molecule has 1 amide bonds. The van der Waals surface area contributed by atoms with Gasteiger partial charge < -0.3 is 10.6 Å². The summed E-state index contributed by atoms with van der Waals surface area (Å²) in [5, 5.41) is 7.88. The number of thiophene rings is 1. The molecule has 4 heterocycles. The van der Waals surface area contributed by atoms with Gasteiger partial charge in [0.2, 0.25) is 5.91 Å². The number of aromatic nitrogens is 3. The average Bonchev–Trinajstić information content (AvgIpc) is 3.28. The van der Waals surface area contributed by atoms with Crippen molar-refractivity contribution in [2.75, 3.05) is 13.1 Å². The fraction of sp³-hybridized carbons (Fsp3) is 0.609. The maximum absolute atomic E-state index is 13.7. The second-order valence-corrected chi connectivity index (χ2v) is 10.6. The molecule has 0 bridgehead atoms. The third kappa shape index (κ3) is 3.06. The number of nitrogens with two attached hydrogens (primary N) is 1. The van der Waals surface area contributed by atoms with Crippen LogP contribution in [-0.4, -0.2) is 44.1 Å². The number of fused-ring (bicyclic) bond motifs is 3. The Hall–Kier alpha value is -2.19. The van der Waals surface area contributed by atoms with Gasteiger partial charge in [0.1, 0.15) is 21.7 Å². The molecule has 31 heavy (non-hydrogen) atoms. The highest BCUT2D eigenvalue weighted by Gasteiger charge is 2.47. The van der Waals surface area contributed by atoms with Crippen LogP contribution >= 0.6 is 11.3 Å². The molecule has 2 aliphatic rings. The van der Waals surface area contributed by atoms with Crippen molar-refractivity contribution >= 4 is 33.0 Å². The van der Waals surface area contributed by atoms with Crippen LogP contribution in [0.2, 0.25) is 0 Å². The van der Waals surface area contributed by atoms with Crippen molar-refractivity contribution in [2.24, 2.45) is 11.7 Å². The molecule has 166 valence electrons. The fourth-order valence-electron chi connectivity index (χ4n) is 5.33. The first kappa shape index (κ1) is 20.7. The van der Waals surface area contributed by atoms with E-state index in [0.29, 0.717) is 11.6 Å². The van der Waals surface area contributed by atoms with Gasteiger partial charge >= 0.3 is 0 Å². The van der Waals surface area contributed by atoms with Crippen molar-refractivity contribution in [2.45, 2.75) is 70.4 Å². The van der Waals surface area contributed by atoms with E-state index in [1.165, 1.54) is 23.9 Å². The highest BCUT2D eigenvalue weighted by molar-refractivity contribution is 7.16. The van der Waals surface area contributed by atoms with E-state index in [1.807, 2.05) is 28.8 Å². The lowest BCUT2D eigenvalue weighted by molar-refractivity contribution is -0.131. The van der Waals surface area contributed by atoms with Crippen LogP contribution in [-0.2, 0) is 10.3 Å². The van der Waals surface area contributed by atoms with Crippen LogP contribution in [0.3, 0.4) is 0 Å². The molecule has 7 nitrogen and oxygen atoms in total. The molecule has 1 unspecified atom stereocenters. The third-order valence-corrected chi connectivity index (χ3v) is 8.46. The Morgan fingerprint density at radius 2 is 2.06 bits per heavy atom. The molecular weight excluding hydrogens is 410 g/mol. The molecule has 1 saturated heterocycles. The molecule has 3 aromatic heterocycles. The molecular formula is C23H31N5O2S. The zero-order chi connectivity index (χ0) is 21.9. The molecule has 3 aromatic rings. The van der Waals surface area contributed by atoms with Crippen molar-refractivity contribution in [3.05, 3.63) is 33.7 Å². The summed E-state index contributed by atoms with van der Waals surface area (Å²) in [6, 6.07) is 4.54. The number of primary amides is 1. The number of rotatable bonds is 5. The van der Waals surface area contributed by atoms with E-state index in [4.69, 9.17) is 10.8 Å². The Kier molecular flexibility index (Phi) is 4.97. The number of carbonyl (C=O) groups is 1. The predicted molar refractivity (Wildman–Crippen MR) is 124 cm³/mol. The summed E-state index contributed by atoms with van der Waals surface area (Å²) in [5.74, 6) is 0.353. The van der Waals surface area contributed by atoms with Crippen LogP contribution < -0.4 is 11.3 Å². The van der Waals surface area contributed by atoms with Gasteiger partial charge in [-0.05, 0) is 56.7 Å². The molecule has 0 aromatic carbocycles. The lowest BCUT2D eigenvalue weighted by Crippen LogP contribution is -2.59. The Labute approximate surface area is 185 Å². The van der Waals surface area contributed by atoms with Gasteiger partial charge in [0.15, 0.2) is 0 Å². The minimum atomic E-state index is -1.16. The molecule has 0 radical (unpaired) electrons. The average molecular weight is 442 g/mol. The summed E-state index contributed by atoms with van der Waals surface area (Å²) in [4.78, 5) is 30.2. The smallest absolute Gasteiger partial charge is 0.292 e. The first-order chi connectivity index (χ1) is 14.8. The topological polar surface area (TPSA) is 85.6 Å². The van der Waals surface area contributed by atoms with Crippen molar-refractivity contribution in [1.82, 2.24) is 19.1 Å². The van der Waals surface area contributed by atoms with Gasteiger partial charge in [-0.2, -0.15) is 5.10 Å². The largest absolute Gasteiger partial charge is 0.368 e. The second kappa shape index (κ2) is 7.45. The molecule has 2 atom stereocenters. The van der Waals surface area contributed by atoms with Crippen molar-refractivity contribution in [3.63, 3.8) is 0 Å². The quantitative estimate of drug-likeness (QED) is 0.658. The lowest BCUT2D eigenvalue weighted by Gasteiger charge is -2.46. The minimum absolute atomic E-state index is 0.0388. The van der Waals surface area contributed by atoms with Crippen molar-refractivity contribution in [3.8, 4) is 0 Å². The van der Waals surface area contributed by atoms with E-state index < -0.39 is 11.4 Å². The van der Waals surface area contributed by atoms with Crippen LogP contribution in [0.15, 0.2) is 22.3 Å². The summed E-state index contributed by atoms with van der Waals surface area (Å²) in [5.41, 5.74) is 5.20.